The van der Waals surface area contributed by atoms with Crippen LogP contribution in [0.3, 0.4) is 0 Å². The van der Waals surface area contributed by atoms with Crippen molar-refractivity contribution in [2.75, 3.05) is 25.1 Å². The molecule has 3 heteroatoms. The minimum Gasteiger partial charge on any atom is -0.383 e. The van der Waals surface area contributed by atoms with Crippen molar-refractivity contribution in [3.05, 3.63) is 24.5 Å². The molecule has 1 aromatic rings. The molecule has 76 valence electrons. The summed E-state index contributed by atoms with van der Waals surface area (Å²) in [5.41, 5.74) is 1.10. The van der Waals surface area contributed by atoms with Gasteiger partial charge in [-0.2, -0.15) is 0 Å². The van der Waals surface area contributed by atoms with E-state index < -0.39 is 0 Å². The van der Waals surface area contributed by atoms with Crippen LogP contribution in [0.1, 0.15) is 12.8 Å². The van der Waals surface area contributed by atoms with Gasteiger partial charge < -0.3 is 10.1 Å². The molecular weight excluding hydrogens is 176 g/mol. The van der Waals surface area contributed by atoms with Gasteiger partial charge in [-0.3, -0.25) is 4.98 Å². The summed E-state index contributed by atoms with van der Waals surface area (Å²) in [6.07, 6.45) is 6.10. The van der Waals surface area contributed by atoms with Crippen molar-refractivity contribution in [1.82, 2.24) is 4.98 Å². The number of hydrogen-bond acceptors (Lipinski definition) is 3. The summed E-state index contributed by atoms with van der Waals surface area (Å²) in [5.74, 6) is 0.656. The average Bonchev–Trinajstić information content (AvgIpc) is 2.29. The van der Waals surface area contributed by atoms with Gasteiger partial charge in [0.15, 0.2) is 0 Å². The van der Waals surface area contributed by atoms with E-state index in [1.54, 1.807) is 6.20 Å². The lowest BCUT2D eigenvalue weighted by atomic mass is 10.0. The number of aromatic nitrogens is 1. The number of ether oxygens (including phenoxy) is 1. The first-order chi connectivity index (χ1) is 6.95. The Morgan fingerprint density at radius 1 is 1.57 bits per heavy atom. The van der Waals surface area contributed by atoms with Crippen molar-refractivity contribution in [3.8, 4) is 0 Å². The Morgan fingerprint density at radius 3 is 3.29 bits per heavy atom. The van der Waals surface area contributed by atoms with Gasteiger partial charge in [0, 0.05) is 25.5 Å². The first kappa shape index (κ1) is 9.46. The van der Waals surface area contributed by atoms with Crippen molar-refractivity contribution in [2.45, 2.75) is 12.8 Å². The third-order valence-corrected chi connectivity index (χ3v) is 2.51. The van der Waals surface area contributed by atoms with Gasteiger partial charge in [-0.05, 0) is 30.9 Å². The zero-order chi connectivity index (χ0) is 9.64. The molecule has 0 saturated carbocycles. The predicted molar refractivity (Wildman–Crippen MR) is 56.3 cm³/mol. The first-order valence-corrected chi connectivity index (χ1v) is 5.17. The van der Waals surface area contributed by atoms with Crippen LogP contribution in [-0.4, -0.2) is 24.7 Å². The zero-order valence-corrected chi connectivity index (χ0v) is 8.28. The second-order valence-electron chi connectivity index (χ2n) is 3.71. The molecule has 1 saturated heterocycles. The van der Waals surface area contributed by atoms with Crippen LogP contribution in [0.4, 0.5) is 5.69 Å². The molecule has 0 radical (unpaired) electrons. The summed E-state index contributed by atoms with van der Waals surface area (Å²) in [6, 6.07) is 3.98. The SMILES string of the molecule is c1cncc(NCC2CCCOC2)c1. The van der Waals surface area contributed by atoms with E-state index in [0.29, 0.717) is 5.92 Å². The Labute approximate surface area is 84.5 Å². The number of nitrogens with one attached hydrogen (secondary N) is 1. The van der Waals surface area contributed by atoms with Crippen molar-refractivity contribution in [3.63, 3.8) is 0 Å². The maximum atomic E-state index is 5.41. The largest absolute Gasteiger partial charge is 0.383 e. The highest BCUT2D eigenvalue weighted by atomic mass is 16.5. The van der Waals surface area contributed by atoms with Gasteiger partial charge in [-0.1, -0.05) is 0 Å². The minimum absolute atomic E-state index is 0.656. The summed E-state index contributed by atoms with van der Waals surface area (Å²) < 4.78 is 5.41. The lowest BCUT2D eigenvalue weighted by molar-refractivity contribution is 0.0595. The maximum Gasteiger partial charge on any atom is 0.0526 e. The van der Waals surface area contributed by atoms with Crippen molar-refractivity contribution >= 4 is 5.69 Å². The van der Waals surface area contributed by atoms with Crippen molar-refractivity contribution < 1.29 is 4.74 Å². The Balaban J connectivity index is 1.76. The molecule has 1 N–H and O–H groups in total. The fourth-order valence-electron chi connectivity index (χ4n) is 1.70. The van der Waals surface area contributed by atoms with E-state index in [2.05, 4.69) is 10.3 Å². The highest BCUT2D eigenvalue weighted by Crippen LogP contribution is 2.14. The van der Waals surface area contributed by atoms with Crippen LogP contribution in [-0.2, 0) is 4.74 Å². The van der Waals surface area contributed by atoms with Crippen LogP contribution in [0, 0.1) is 5.92 Å². The molecule has 1 atom stereocenters. The fraction of sp³-hybridized carbons (Fsp3) is 0.545. The summed E-state index contributed by atoms with van der Waals surface area (Å²) in [4.78, 5) is 4.05. The minimum atomic E-state index is 0.656. The molecule has 0 spiro atoms. The third kappa shape index (κ3) is 2.70. The summed E-state index contributed by atoms with van der Waals surface area (Å²) in [6.45, 7) is 2.82. The predicted octanol–water partition coefficient (Wildman–Crippen LogP) is 1.92. The molecule has 1 unspecified atom stereocenters. The van der Waals surface area contributed by atoms with E-state index in [1.165, 1.54) is 12.8 Å². The van der Waals surface area contributed by atoms with Crippen molar-refractivity contribution in [2.24, 2.45) is 5.92 Å². The highest BCUT2D eigenvalue weighted by molar-refractivity contribution is 5.39. The maximum absolute atomic E-state index is 5.41. The smallest absolute Gasteiger partial charge is 0.0526 e. The van der Waals surface area contributed by atoms with Crippen molar-refractivity contribution in [1.29, 1.82) is 0 Å². The molecule has 0 amide bonds. The van der Waals surface area contributed by atoms with Crippen LogP contribution in [0.15, 0.2) is 24.5 Å². The fourth-order valence-corrected chi connectivity index (χ4v) is 1.70. The molecule has 2 heterocycles. The lowest BCUT2D eigenvalue weighted by Gasteiger charge is -2.22. The zero-order valence-electron chi connectivity index (χ0n) is 8.28. The lowest BCUT2D eigenvalue weighted by Crippen LogP contribution is -2.24. The summed E-state index contributed by atoms with van der Waals surface area (Å²) >= 11 is 0. The second kappa shape index (κ2) is 4.96. The molecule has 1 fully saturated rings. The monoisotopic (exact) mass is 192 g/mol. The molecule has 1 aromatic heterocycles. The Morgan fingerprint density at radius 2 is 2.57 bits per heavy atom. The number of nitrogens with zero attached hydrogens (tertiary/aromatic N) is 1. The van der Waals surface area contributed by atoms with Gasteiger partial charge in [0.25, 0.3) is 0 Å². The average molecular weight is 192 g/mol. The number of hydrogen-bond donors (Lipinski definition) is 1. The van der Waals surface area contributed by atoms with Gasteiger partial charge in [0.1, 0.15) is 0 Å². The van der Waals surface area contributed by atoms with Gasteiger partial charge in [-0.15, -0.1) is 0 Å². The number of pyridine rings is 1. The van der Waals surface area contributed by atoms with Crippen LogP contribution in [0.5, 0.6) is 0 Å². The molecule has 3 nitrogen and oxygen atoms in total. The van der Waals surface area contributed by atoms with E-state index in [4.69, 9.17) is 4.74 Å². The molecule has 0 aliphatic carbocycles. The first-order valence-electron chi connectivity index (χ1n) is 5.17. The quantitative estimate of drug-likeness (QED) is 0.794. The Bertz CT molecular complexity index is 257. The standard InChI is InChI=1S/C11H16N2O/c1-4-11(8-12-5-1)13-7-10-3-2-6-14-9-10/h1,4-5,8,10,13H,2-3,6-7,9H2. The van der Waals surface area contributed by atoms with Crippen LogP contribution in [0.2, 0.25) is 0 Å². The van der Waals surface area contributed by atoms with E-state index in [0.717, 1.165) is 25.4 Å². The van der Waals surface area contributed by atoms with E-state index in [9.17, 15) is 0 Å². The van der Waals surface area contributed by atoms with E-state index in [1.807, 2.05) is 18.3 Å². The topological polar surface area (TPSA) is 34.2 Å². The number of anilines is 1. The number of rotatable bonds is 3. The molecule has 14 heavy (non-hydrogen) atoms. The molecule has 2 rings (SSSR count). The Hall–Kier alpha value is -1.09. The van der Waals surface area contributed by atoms with Gasteiger partial charge in [-0.25, -0.2) is 0 Å². The van der Waals surface area contributed by atoms with Gasteiger partial charge in [0.05, 0.1) is 12.3 Å². The van der Waals surface area contributed by atoms with Gasteiger partial charge >= 0.3 is 0 Å². The summed E-state index contributed by atoms with van der Waals surface area (Å²) in [5, 5.41) is 3.37. The van der Waals surface area contributed by atoms with Crippen LogP contribution < -0.4 is 5.32 Å². The highest BCUT2D eigenvalue weighted by Gasteiger charge is 2.12. The van der Waals surface area contributed by atoms with E-state index in [-0.39, 0.29) is 0 Å². The summed E-state index contributed by atoms with van der Waals surface area (Å²) in [7, 11) is 0. The van der Waals surface area contributed by atoms with Gasteiger partial charge in [0.2, 0.25) is 0 Å². The molecule has 1 aliphatic heterocycles. The molecule has 0 bridgehead atoms. The molecule has 0 aromatic carbocycles. The second-order valence-corrected chi connectivity index (χ2v) is 3.71. The molecule has 1 aliphatic rings. The van der Waals surface area contributed by atoms with Crippen LogP contribution >= 0.6 is 0 Å². The normalized spacial score (nSPS) is 21.9. The Kier molecular flexibility index (Phi) is 3.35. The third-order valence-electron chi connectivity index (χ3n) is 2.51. The van der Waals surface area contributed by atoms with Crippen LogP contribution in [0.25, 0.3) is 0 Å². The van der Waals surface area contributed by atoms with E-state index >= 15 is 0 Å². The molecular formula is C11H16N2O.